The van der Waals surface area contributed by atoms with E-state index in [0.29, 0.717) is 28.8 Å². The molecule has 0 aliphatic carbocycles. The van der Waals surface area contributed by atoms with E-state index >= 15 is 0 Å². The van der Waals surface area contributed by atoms with Crippen LogP contribution in [0.25, 0.3) is 5.57 Å². The summed E-state index contributed by atoms with van der Waals surface area (Å²) in [5, 5.41) is 29.2. The lowest BCUT2D eigenvalue weighted by Gasteiger charge is -2.16. The number of carboxylic acids is 2. The van der Waals surface area contributed by atoms with Crippen LogP contribution in [0, 0.1) is 3.95 Å². The molecule has 8 nitrogen and oxygen atoms in total. The van der Waals surface area contributed by atoms with Crippen molar-refractivity contribution in [2.75, 3.05) is 11.4 Å². The van der Waals surface area contributed by atoms with E-state index < -0.39 is 18.5 Å². The summed E-state index contributed by atoms with van der Waals surface area (Å²) in [6, 6.07) is 5.18. The molecule has 30 heavy (non-hydrogen) atoms. The minimum Gasteiger partial charge on any atom is -0.493 e. The van der Waals surface area contributed by atoms with Gasteiger partial charge in [0.05, 0.1) is 17.0 Å². The van der Waals surface area contributed by atoms with Crippen molar-refractivity contribution < 1.29 is 29.6 Å². The Morgan fingerprint density at radius 1 is 1.30 bits per heavy atom. The largest absolute Gasteiger partial charge is 0.493 e. The normalized spacial score (nSPS) is 14.7. The average Bonchev–Trinajstić information content (AvgIpc) is 3.15. The number of aromatic hydroxyl groups is 1. The summed E-state index contributed by atoms with van der Waals surface area (Å²) in [5.74, 6) is -1.57. The second-order valence-corrected chi connectivity index (χ2v) is 8.28. The van der Waals surface area contributed by atoms with E-state index in [0.717, 1.165) is 21.6 Å². The number of allylic oxidation sites excluding steroid dienone is 2. The number of hydrogen-bond acceptors (Lipinski definition) is 7. The number of aromatic nitrogens is 1. The zero-order valence-corrected chi connectivity index (χ0v) is 18.1. The molecule has 2 aromatic rings. The van der Waals surface area contributed by atoms with Crippen LogP contribution in [-0.2, 0) is 16.1 Å². The number of nitrogens with zero attached hydrogens (tertiary/aromatic N) is 2. The molecule has 1 aliphatic heterocycles. The van der Waals surface area contributed by atoms with E-state index in [1.54, 1.807) is 24.3 Å². The van der Waals surface area contributed by atoms with Crippen LogP contribution in [0.3, 0.4) is 0 Å². The molecule has 0 unspecified atom stereocenters. The van der Waals surface area contributed by atoms with Crippen molar-refractivity contribution in [1.82, 2.24) is 4.57 Å². The highest BCUT2D eigenvalue weighted by atomic mass is 35.5. The lowest BCUT2D eigenvalue weighted by atomic mass is 10.1. The predicted octanol–water partition coefficient (Wildman–Crippen LogP) is 4.34. The van der Waals surface area contributed by atoms with Crippen molar-refractivity contribution >= 4 is 58.4 Å². The minimum absolute atomic E-state index is 0.152. The molecular weight excluding hydrogens is 452 g/mol. The van der Waals surface area contributed by atoms with Gasteiger partial charge >= 0.3 is 11.9 Å². The molecule has 1 aliphatic rings. The van der Waals surface area contributed by atoms with Crippen LogP contribution in [0.1, 0.15) is 18.2 Å². The molecule has 0 saturated carbocycles. The van der Waals surface area contributed by atoms with Gasteiger partial charge in [-0.15, -0.1) is 11.3 Å². The van der Waals surface area contributed by atoms with E-state index in [4.69, 9.17) is 38.8 Å². The number of thiazole rings is 1. The first-order chi connectivity index (χ1) is 14.2. The maximum atomic E-state index is 11.1. The first-order valence-corrected chi connectivity index (χ1v) is 10.3. The van der Waals surface area contributed by atoms with Gasteiger partial charge in [0.1, 0.15) is 6.54 Å². The Hall–Kier alpha value is -2.82. The third kappa shape index (κ3) is 4.50. The van der Waals surface area contributed by atoms with Gasteiger partial charge in [0.25, 0.3) is 0 Å². The van der Waals surface area contributed by atoms with Gasteiger partial charge in [-0.2, -0.15) is 0 Å². The van der Waals surface area contributed by atoms with Crippen LogP contribution >= 0.6 is 35.2 Å². The Kier molecular flexibility index (Phi) is 6.49. The Morgan fingerprint density at radius 3 is 2.67 bits per heavy atom. The third-order valence-electron chi connectivity index (χ3n) is 4.21. The second-order valence-electron chi connectivity index (χ2n) is 6.20. The molecular formula is C19H17ClN2O6S2. The van der Waals surface area contributed by atoms with Gasteiger partial charge < -0.3 is 25.0 Å². The molecule has 0 radical (unpaired) electrons. The summed E-state index contributed by atoms with van der Waals surface area (Å²) in [4.78, 5) is 24.3. The smallest absolute Gasteiger partial charge is 0.323 e. The Bertz CT molecular complexity index is 1130. The molecule has 158 valence electrons. The van der Waals surface area contributed by atoms with Gasteiger partial charge in [-0.3, -0.25) is 14.2 Å². The van der Waals surface area contributed by atoms with Gasteiger partial charge in [-0.05, 0) is 42.9 Å². The van der Waals surface area contributed by atoms with Crippen LogP contribution in [0.2, 0.25) is 5.02 Å². The maximum Gasteiger partial charge on any atom is 0.323 e. The quantitative estimate of drug-likeness (QED) is 0.514. The van der Waals surface area contributed by atoms with Crippen molar-refractivity contribution in [1.29, 1.82) is 0 Å². The summed E-state index contributed by atoms with van der Waals surface area (Å²) in [6.07, 6.45) is 2.69. The first-order valence-electron chi connectivity index (χ1n) is 8.74. The number of ether oxygens (including phenoxy) is 1. The molecule has 0 amide bonds. The monoisotopic (exact) mass is 468 g/mol. The molecule has 1 aromatic heterocycles. The highest BCUT2D eigenvalue weighted by Gasteiger charge is 2.27. The average molecular weight is 469 g/mol. The van der Waals surface area contributed by atoms with Crippen LogP contribution in [-0.4, -0.2) is 38.4 Å². The Morgan fingerprint density at radius 2 is 2.03 bits per heavy atom. The summed E-state index contributed by atoms with van der Waals surface area (Å²) in [5.41, 5.74) is 1.11. The highest BCUT2D eigenvalue weighted by Crippen LogP contribution is 2.42. The summed E-state index contributed by atoms with van der Waals surface area (Å²) in [7, 11) is 0. The number of benzene rings is 1. The highest BCUT2D eigenvalue weighted by molar-refractivity contribution is 7.73. The standard InChI is InChI=1S/C19H17ClN2O6S2/c1-2-21-12-8-11(20)4-5-13(12)28-14(21)7-10(3-6-15(23)24)17-18(27)22(9-16(25)26)19(29)30-17/h3-5,7-8,27H,2,6,9H2,1H3,(H,23,24)(H,25,26). The van der Waals surface area contributed by atoms with Crippen molar-refractivity contribution in [3.8, 4) is 11.6 Å². The second kappa shape index (κ2) is 8.90. The molecule has 11 heteroatoms. The number of carboxylic acid groups (broad SMARTS) is 2. The SMILES string of the molecule is CCN1C(=CC(=CCC(=O)O)c2sc(=S)n(CC(=O)O)c2O)Oc2ccc(Cl)cc21. The van der Waals surface area contributed by atoms with Crippen molar-refractivity contribution in [3.05, 3.63) is 50.1 Å². The lowest BCUT2D eigenvalue weighted by molar-refractivity contribution is -0.138. The molecule has 0 fully saturated rings. The van der Waals surface area contributed by atoms with Crippen LogP contribution in [0.4, 0.5) is 5.69 Å². The van der Waals surface area contributed by atoms with Crippen molar-refractivity contribution in [3.63, 3.8) is 0 Å². The number of hydrogen-bond donors (Lipinski definition) is 3. The molecule has 0 atom stereocenters. The number of halogens is 1. The van der Waals surface area contributed by atoms with E-state index in [2.05, 4.69) is 0 Å². The van der Waals surface area contributed by atoms with E-state index in [-0.39, 0.29) is 21.1 Å². The summed E-state index contributed by atoms with van der Waals surface area (Å²) >= 11 is 12.2. The number of carbonyl (C=O) groups is 2. The molecule has 0 spiro atoms. The van der Waals surface area contributed by atoms with E-state index in [1.165, 1.54) is 6.08 Å². The fraction of sp³-hybridized carbons (Fsp3) is 0.211. The minimum atomic E-state index is -1.16. The van der Waals surface area contributed by atoms with Gasteiger partial charge in [0.2, 0.25) is 11.8 Å². The first kappa shape index (κ1) is 21.9. The molecule has 0 bridgehead atoms. The molecule has 2 heterocycles. The van der Waals surface area contributed by atoms with Gasteiger partial charge in [-0.1, -0.05) is 17.7 Å². The fourth-order valence-corrected chi connectivity index (χ4v) is 4.38. The summed E-state index contributed by atoms with van der Waals surface area (Å²) in [6.45, 7) is 1.96. The number of aliphatic carboxylic acids is 2. The van der Waals surface area contributed by atoms with E-state index in [1.807, 2.05) is 11.8 Å². The predicted molar refractivity (Wildman–Crippen MR) is 116 cm³/mol. The van der Waals surface area contributed by atoms with Gasteiger partial charge in [0, 0.05) is 17.6 Å². The molecule has 3 rings (SSSR count). The van der Waals surface area contributed by atoms with Crippen LogP contribution < -0.4 is 9.64 Å². The lowest BCUT2D eigenvalue weighted by Crippen LogP contribution is -2.19. The number of anilines is 1. The molecule has 3 N–H and O–H groups in total. The zero-order valence-electron chi connectivity index (χ0n) is 15.7. The number of fused-ring (bicyclic) bond motifs is 1. The maximum absolute atomic E-state index is 11.1. The Labute approximate surface area is 185 Å². The Balaban J connectivity index is 2.09. The van der Waals surface area contributed by atoms with Crippen LogP contribution in [0.15, 0.2) is 36.2 Å². The van der Waals surface area contributed by atoms with Crippen LogP contribution in [0.5, 0.6) is 11.6 Å². The number of rotatable bonds is 7. The van der Waals surface area contributed by atoms with E-state index in [9.17, 15) is 14.7 Å². The molecule has 0 saturated heterocycles. The summed E-state index contributed by atoms with van der Waals surface area (Å²) < 4.78 is 7.13. The van der Waals surface area contributed by atoms with Crippen molar-refractivity contribution in [2.45, 2.75) is 19.9 Å². The zero-order chi connectivity index (χ0) is 22.0. The van der Waals surface area contributed by atoms with Gasteiger partial charge in [-0.25, -0.2) is 0 Å². The fourth-order valence-electron chi connectivity index (χ4n) is 2.92. The van der Waals surface area contributed by atoms with Crippen molar-refractivity contribution in [2.24, 2.45) is 0 Å². The van der Waals surface area contributed by atoms with Gasteiger partial charge in [0.15, 0.2) is 9.70 Å². The molecule has 1 aromatic carbocycles. The third-order valence-corrected chi connectivity index (χ3v) is 5.93. The topological polar surface area (TPSA) is 112 Å².